The molecule has 0 radical (unpaired) electrons. The first kappa shape index (κ1) is 8.65. The lowest BCUT2D eigenvalue weighted by atomic mass is 10.0. The predicted molar refractivity (Wildman–Crippen MR) is 55.7 cm³/mol. The summed E-state index contributed by atoms with van der Waals surface area (Å²) in [6.07, 6.45) is 3.86. The summed E-state index contributed by atoms with van der Waals surface area (Å²) in [5.74, 6) is -0.109. The van der Waals surface area contributed by atoms with E-state index in [2.05, 4.69) is 11.2 Å². The molecule has 3 heteroatoms. The minimum atomic E-state index is -0.109. The summed E-state index contributed by atoms with van der Waals surface area (Å²) in [6.45, 7) is 0. The number of Topliss-reactive ketones (excluding diaryl/α,β-unsaturated/α-hetero) is 1. The van der Waals surface area contributed by atoms with Crippen LogP contribution in [0.25, 0.3) is 0 Å². The van der Waals surface area contributed by atoms with E-state index in [4.69, 9.17) is 5.21 Å². The maximum Gasteiger partial charge on any atom is 0.211 e. The van der Waals surface area contributed by atoms with Gasteiger partial charge in [-0.25, -0.2) is 0 Å². The molecule has 0 atom stereocenters. The topological polar surface area (TPSA) is 49.7 Å². The quantitative estimate of drug-likeness (QED) is 0.513. The van der Waals surface area contributed by atoms with Crippen LogP contribution in [0.15, 0.2) is 17.3 Å². The number of hydrogen-bond acceptors (Lipinski definition) is 3. The number of aryl methyl sites for hydroxylation is 2. The number of nitrogens with zero attached hydrogens (tertiary/aromatic N) is 1. The first-order valence-corrected chi connectivity index (χ1v) is 5.20. The molecule has 76 valence electrons. The van der Waals surface area contributed by atoms with Crippen LogP contribution in [-0.2, 0) is 19.3 Å². The smallest absolute Gasteiger partial charge is 0.211 e. The van der Waals surface area contributed by atoms with Crippen molar-refractivity contribution in [2.24, 2.45) is 5.16 Å². The van der Waals surface area contributed by atoms with Crippen LogP contribution in [0.5, 0.6) is 0 Å². The van der Waals surface area contributed by atoms with E-state index in [9.17, 15) is 4.79 Å². The molecule has 0 saturated heterocycles. The van der Waals surface area contributed by atoms with Gasteiger partial charge in [0.05, 0.1) is 0 Å². The summed E-state index contributed by atoms with van der Waals surface area (Å²) in [6, 6.07) is 4.09. The minimum Gasteiger partial charge on any atom is -0.411 e. The lowest BCUT2D eigenvalue weighted by Crippen LogP contribution is -2.07. The normalized spacial score (nSPS) is 20.8. The van der Waals surface area contributed by atoms with E-state index in [0.717, 1.165) is 24.0 Å². The van der Waals surface area contributed by atoms with Crippen molar-refractivity contribution in [2.45, 2.75) is 25.7 Å². The molecular weight excluding hydrogens is 190 g/mol. The fourth-order valence-corrected chi connectivity index (χ4v) is 2.53. The second kappa shape index (κ2) is 2.92. The van der Waals surface area contributed by atoms with Gasteiger partial charge in [-0.3, -0.25) is 4.79 Å². The summed E-state index contributed by atoms with van der Waals surface area (Å²) >= 11 is 0. The molecule has 0 aromatic heterocycles. The average Bonchev–Trinajstić information content (AvgIpc) is 2.80. The predicted octanol–water partition coefficient (Wildman–Crippen LogP) is 1.74. The number of fused-ring (bicyclic) bond motifs is 2. The zero-order valence-electron chi connectivity index (χ0n) is 8.29. The van der Waals surface area contributed by atoms with Crippen LogP contribution in [-0.4, -0.2) is 16.7 Å². The Hall–Kier alpha value is -1.64. The number of carbonyl (C=O) groups is 1. The molecule has 0 spiro atoms. The van der Waals surface area contributed by atoms with E-state index in [1.807, 2.05) is 6.07 Å². The highest BCUT2D eigenvalue weighted by Crippen LogP contribution is 2.29. The largest absolute Gasteiger partial charge is 0.411 e. The van der Waals surface area contributed by atoms with Crippen molar-refractivity contribution in [3.63, 3.8) is 0 Å². The Morgan fingerprint density at radius 2 is 1.87 bits per heavy atom. The zero-order chi connectivity index (χ0) is 10.4. The van der Waals surface area contributed by atoms with E-state index in [-0.39, 0.29) is 11.5 Å². The third-order valence-corrected chi connectivity index (χ3v) is 3.30. The van der Waals surface area contributed by atoms with E-state index >= 15 is 0 Å². The Balaban J connectivity index is 2.17. The molecule has 3 nitrogen and oxygen atoms in total. The van der Waals surface area contributed by atoms with Gasteiger partial charge < -0.3 is 5.21 Å². The van der Waals surface area contributed by atoms with Crippen LogP contribution in [0.3, 0.4) is 0 Å². The van der Waals surface area contributed by atoms with Crippen molar-refractivity contribution >= 4 is 11.5 Å². The molecule has 0 unspecified atom stereocenters. The Labute approximate surface area is 87.4 Å². The Kier molecular flexibility index (Phi) is 1.69. The summed E-state index contributed by atoms with van der Waals surface area (Å²) < 4.78 is 0. The molecule has 0 fully saturated rings. The molecule has 1 aromatic rings. The van der Waals surface area contributed by atoms with Crippen LogP contribution in [0.2, 0.25) is 0 Å². The highest BCUT2D eigenvalue weighted by Gasteiger charge is 2.29. The minimum absolute atomic E-state index is 0.109. The molecule has 0 saturated carbocycles. The van der Waals surface area contributed by atoms with Crippen molar-refractivity contribution < 1.29 is 10.0 Å². The van der Waals surface area contributed by atoms with Crippen LogP contribution < -0.4 is 0 Å². The molecule has 3 rings (SSSR count). The molecule has 0 aliphatic heterocycles. The fourth-order valence-electron chi connectivity index (χ4n) is 2.53. The fraction of sp³-hybridized carbons (Fsp3) is 0.333. The second-order valence-corrected chi connectivity index (χ2v) is 4.18. The van der Waals surface area contributed by atoms with Crippen molar-refractivity contribution in [3.05, 3.63) is 34.4 Å². The number of carbonyl (C=O) groups excluding carboxylic acids is 1. The zero-order valence-corrected chi connectivity index (χ0v) is 8.29. The Bertz CT molecular complexity index is 489. The molecule has 0 amide bonds. The summed E-state index contributed by atoms with van der Waals surface area (Å²) in [4.78, 5) is 11.7. The molecular formula is C12H11NO2. The molecule has 1 N–H and O–H groups in total. The summed E-state index contributed by atoms with van der Waals surface area (Å²) in [5.41, 5.74) is 4.69. The summed E-state index contributed by atoms with van der Waals surface area (Å²) in [7, 11) is 0. The lowest BCUT2D eigenvalue weighted by Gasteiger charge is -2.02. The van der Waals surface area contributed by atoms with Gasteiger partial charge in [0, 0.05) is 12.0 Å². The van der Waals surface area contributed by atoms with Crippen molar-refractivity contribution in [3.8, 4) is 0 Å². The third-order valence-electron chi connectivity index (χ3n) is 3.30. The van der Waals surface area contributed by atoms with Crippen molar-refractivity contribution in [2.75, 3.05) is 0 Å². The van der Waals surface area contributed by atoms with Gasteiger partial charge in [-0.1, -0.05) is 11.2 Å². The van der Waals surface area contributed by atoms with Gasteiger partial charge in [-0.2, -0.15) is 0 Å². The van der Waals surface area contributed by atoms with Crippen LogP contribution in [0.4, 0.5) is 0 Å². The molecule has 0 heterocycles. The third kappa shape index (κ3) is 1.12. The summed E-state index contributed by atoms with van der Waals surface area (Å²) in [5, 5.41) is 11.7. The first-order chi connectivity index (χ1) is 7.29. The molecule has 2 aliphatic carbocycles. The lowest BCUT2D eigenvalue weighted by molar-refractivity contribution is 0.106. The molecule has 0 bridgehead atoms. The van der Waals surface area contributed by atoms with E-state index < -0.39 is 0 Å². The second-order valence-electron chi connectivity index (χ2n) is 4.18. The molecule has 15 heavy (non-hydrogen) atoms. The van der Waals surface area contributed by atoms with Gasteiger partial charge in [0.15, 0.2) is 0 Å². The number of hydrogen-bond donors (Lipinski definition) is 1. The van der Waals surface area contributed by atoms with Crippen LogP contribution >= 0.6 is 0 Å². The monoisotopic (exact) mass is 201 g/mol. The van der Waals surface area contributed by atoms with Gasteiger partial charge in [0.2, 0.25) is 5.78 Å². The SMILES string of the molecule is O=C1C(=NO)Cc2cc3c(cc21)CCC3. The first-order valence-electron chi connectivity index (χ1n) is 5.20. The maximum absolute atomic E-state index is 11.7. The van der Waals surface area contributed by atoms with Crippen molar-refractivity contribution in [1.82, 2.24) is 0 Å². The Morgan fingerprint density at radius 1 is 1.13 bits per heavy atom. The highest BCUT2D eigenvalue weighted by atomic mass is 16.4. The van der Waals surface area contributed by atoms with E-state index in [1.165, 1.54) is 17.5 Å². The number of ketones is 1. The average molecular weight is 201 g/mol. The van der Waals surface area contributed by atoms with E-state index in [0.29, 0.717) is 6.42 Å². The van der Waals surface area contributed by atoms with Crippen LogP contribution in [0, 0.1) is 0 Å². The van der Waals surface area contributed by atoms with Gasteiger partial charge >= 0.3 is 0 Å². The number of rotatable bonds is 0. The standard InChI is InChI=1S/C12H11NO2/c14-12-10-5-8-3-1-2-7(8)4-9(10)6-11(12)13-15/h4-5,15H,1-3,6H2. The van der Waals surface area contributed by atoms with Crippen molar-refractivity contribution in [1.29, 1.82) is 0 Å². The van der Waals surface area contributed by atoms with Gasteiger partial charge in [-0.05, 0) is 42.0 Å². The van der Waals surface area contributed by atoms with E-state index in [1.54, 1.807) is 0 Å². The van der Waals surface area contributed by atoms with Gasteiger partial charge in [-0.15, -0.1) is 0 Å². The van der Waals surface area contributed by atoms with Gasteiger partial charge in [0.1, 0.15) is 5.71 Å². The van der Waals surface area contributed by atoms with Gasteiger partial charge in [0.25, 0.3) is 0 Å². The molecule has 2 aliphatic rings. The van der Waals surface area contributed by atoms with Crippen LogP contribution in [0.1, 0.15) is 33.5 Å². The molecule has 1 aromatic carbocycles. The maximum atomic E-state index is 11.7. The number of benzene rings is 1. The Morgan fingerprint density at radius 3 is 2.60 bits per heavy atom. The number of oxime groups is 1. The highest BCUT2D eigenvalue weighted by molar-refractivity contribution is 6.49.